The van der Waals surface area contributed by atoms with Crippen LogP contribution in [0.15, 0.2) is 48.8 Å². The van der Waals surface area contributed by atoms with E-state index >= 15 is 0 Å². The molecule has 0 bridgehead atoms. The van der Waals surface area contributed by atoms with Crippen LogP contribution in [0.4, 0.5) is 27.4 Å². The molecule has 0 spiro atoms. The van der Waals surface area contributed by atoms with Crippen LogP contribution in [0.5, 0.6) is 0 Å². The van der Waals surface area contributed by atoms with Crippen molar-refractivity contribution in [1.82, 2.24) is 9.97 Å². The molecule has 0 aliphatic rings. The smallest absolute Gasteiger partial charge is 0.169 e. The SMILES string of the molecule is CNc1cccc(Nc2ncnc(N)c2C(=N)c2ccc(Cl)cc2)c1F. The number of benzene rings is 2. The number of nitrogen functional groups attached to an aromatic ring is 1. The van der Waals surface area contributed by atoms with Gasteiger partial charge in [-0.1, -0.05) is 29.8 Å². The standard InChI is InChI=1S/C18H16ClFN6/c1-23-12-3-2-4-13(15(12)20)26-18-14(17(22)24-9-25-18)16(21)10-5-7-11(19)8-6-10/h2-9,21,23H,1H3,(H3,22,24,25,26). The first-order valence-electron chi connectivity index (χ1n) is 7.70. The number of hydrogen-bond donors (Lipinski definition) is 4. The molecular weight excluding hydrogens is 355 g/mol. The summed E-state index contributed by atoms with van der Waals surface area (Å²) >= 11 is 5.90. The molecule has 132 valence electrons. The Balaban J connectivity index is 2.03. The molecule has 0 aliphatic carbocycles. The van der Waals surface area contributed by atoms with Crippen LogP contribution in [-0.2, 0) is 0 Å². The summed E-state index contributed by atoms with van der Waals surface area (Å²) < 4.78 is 14.5. The van der Waals surface area contributed by atoms with Gasteiger partial charge in [-0.25, -0.2) is 14.4 Å². The Morgan fingerprint density at radius 3 is 2.50 bits per heavy atom. The number of anilines is 4. The Labute approximate surface area is 154 Å². The summed E-state index contributed by atoms with van der Waals surface area (Å²) in [4.78, 5) is 8.09. The minimum absolute atomic E-state index is 0.104. The van der Waals surface area contributed by atoms with Crippen molar-refractivity contribution >= 4 is 40.3 Å². The van der Waals surface area contributed by atoms with Gasteiger partial charge in [-0.3, -0.25) is 5.41 Å². The van der Waals surface area contributed by atoms with Gasteiger partial charge < -0.3 is 16.4 Å². The van der Waals surface area contributed by atoms with Crippen molar-refractivity contribution in [2.24, 2.45) is 0 Å². The van der Waals surface area contributed by atoms with Crippen LogP contribution in [0.1, 0.15) is 11.1 Å². The Morgan fingerprint density at radius 1 is 1.12 bits per heavy atom. The fourth-order valence-corrected chi connectivity index (χ4v) is 2.58. The number of aromatic nitrogens is 2. The number of halogens is 2. The molecule has 0 radical (unpaired) electrons. The average Bonchev–Trinajstić information content (AvgIpc) is 2.64. The highest BCUT2D eigenvalue weighted by molar-refractivity contribution is 6.30. The van der Waals surface area contributed by atoms with Gasteiger partial charge in [0.1, 0.15) is 18.0 Å². The van der Waals surface area contributed by atoms with E-state index in [9.17, 15) is 4.39 Å². The third kappa shape index (κ3) is 3.43. The van der Waals surface area contributed by atoms with Crippen LogP contribution in [-0.4, -0.2) is 22.7 Å². The van der Waals surface area contributed by atoms with E-state index in [0.717, 1.165) is 0 Å². The maximum atomic E-state index is 14.5. The van der Waals surface area contributed by atoms with Crippen LogP contribution < -0.4 is 16.4 Å². The lowest BCUT2D eigenvalue weighted by Gasteiger charge is -2.15. The van der Waals surface area contributed by atoms with Crippen molar-refractivity contribution in [2.45, 2.75) is 0 Å². The monoisotopic (exact) mass is 370 g/mol. The first kappa shape index (κ1) is 17.6. The van der Waals surface area contributed by atoms with Crippen LogP contribution in [0.25, 0.3) is 0 Å². The van der Waals surface area contributed by atoms with Crippen molar-refractivity contribution < 1.29 is 4.39 Å². The quantitative estimate of drug-likeness (QED) is 0.508. The molecule has 26 heavy (non-hydrogen) atoms. The molecule has 0 aliphatic heterocycles. The lowest BCUT2D eigenvalue weighted by molar-refractivity contribution is 0.635. The lowest BCUT2D eigenvalue weighted by Crippen LogP contribution is -2.12. The Kier molecular flexibility index (Phi) is 4.99. The Bertz CT molecular complexity index is 958. The number of nitrogens with zero attached hydrogens (tertiary/aromatic N) is 2. The molecule has 1 aromatic heterocycles. The molecule has 3 rings (SSSR count). The van der Waals surface area contributed by atoms with E-state index in [2.05, 4.69) is 20.6 Å². The van der Waals surface area contributed by atoms with E-state index in [1.807, 2.05) is 0 Å². The third-order valence-corrected chi connectivity index (χ3v) is 4.03. The van der Waals surface area contributed by atoms with Crippen molar-refractivity contribution in [3.05, 3.63) is 70.8 Å². The molecule has 0 unspecified atom stereocenters. The fraction of sp³-hybridized carbons (Fsp3) is 0.0556. The zero-order valence-electron chi connectivity index (χ0n) is 13.8. The molecule has 8 heteroatoms. The number of rotatable bonds is 5. The average molecular weight is 371 g/mol. The molecule has 1 heterocycles. The molecule has 0 fully saturated rings. The summed E-state index contributed by atoms with van der Waals surface area (Å²) in [6, 6.07) is 11.6. The minimum Gasteiger partial charge on any atom is -0.386 e. The zero-order chi connectivity index (χ0) is 18.7. The third-order valence-electron chi connectivity index (χ3n) is 3.78. The highest BCUT2D eigenvalue weighted by Crippen LogP contribution is 2.28. The Morgan fingerprint density at radius 2 is 1.81 bits per heavy atom. The molecule has 0 atom stereocenters. The largest absolute Gasteiger partial charge is 0.386 e. The molecule has 6 nitrogen and oxygen atoms in total. The maximum Gasteiger partial charge on any atom is 0.169 e. The second-order valence-corrected chi connectivity index (χ2v) is 5.84. The van der Waals surface area contributed by atoms with Crippen molar-refractivity contribution in [3.63, 3.8) is 0 Å². The molecule has 5 N–H and O–H groups in total. The van der Waals surface area contributed by atoms with Gasteiger partial charge in [0.15, 0.2) is 5.82 Å². The first-order chi connectivity index (χ1) is 12.5. The van der Waals surface area contributed by atoms with E-state index < -0.39 is 5.82 Å². The second-order valence-electron chi connectivity index (χ2n) is 5.41. The normalized spacial score (nSPS) is 10.4. The van der Waals surface area contributed by atoms with Crippen LogP contribution >= 0.6 is 11.6 Å². The van der Waals surface area contributed by atoms with Crippen LogP contribution in [0, 0.1) is 11.2 Å². The summed E-state index contributed by atoms with van der Waals surface area (Å²) in [5, 5.41) is 14.7. The van der Waals surface area contributed by atoms with Gasteiger partial charge in [0.2, 0.25) is 0 Å². The van der Waals surface area contributed by atoms with Gasteiger partial charge in [-0.05, 0) is 24.3 Å². The predicted molar refractivity (Wildman–Crippen MR) is 103 cm³/mol. The topological polar surface area (TPSA) is 99.7 Å². The van der Waals surface area contributed by atoms with Crippen LogP contribution in [0.3, 0.4) is 0 Å². The number of nitrogens with one attached hydrogen (secondary N) is 3. The second kappa shape index (κ2) is 7.37. The predicted octanol–water partition coefficient (Wildman–Crippen LogP) is 4.05. The van der Waals surface area contributed by atoms with Crippen molar-refractivity contribution in [1.29, 1.82) is 5.41 Å². The highest BCUT2D eigenvalue weighted by atomic mass is 35.5. The van der Waals surface area contributed by atoms with Gasteiger partial charge in [0, 0.05) is 17.6 Å². The summed E-state index contributed by atoms with van der Waals surface area (Å²) in [7, 11) is 1.63. The number of nitrogens with two attached hydrogens (primary N) is 1. The van der Waals surface area contributed by atoms with Gasteiger partial charge in [-0.2, -0.15) is 0 Å². The van der Waals surface area contributed by atoms with E-state index in [1.54, 1.807) is 49.5 Å². The summed E-state index contributed by atoms with van der Waals surface area (Å²) in [6.45, 7) is 0. The first-order valence-corrected chi connectivity index (χ1v) is 8.07. The summed E-state index contributed by atoms with van der Waals surface area (Å²) in [5.41, 5.74) is 7.49. The minimum atomic E-state index is -0.462. The summed E-state index contributed by atoms with van der Waals surface area (Å²) in [6.07, 6.45) is 1.26. The molecule has 0 saturated carbocycles. The Hall–Kier alpha value is -3.19. The van der Waals surface area contributed by atoms with Gasteiger partial charge in [0.05, 0.1) is 22.6 Å². The van der Waals surface area contributed by atoms with Gasteiger partial charge in [-0.15, -0.1) is 0 Å². The molecular formula is C18H16ClFN6. The van der Waals surface area contributed by atoms with E-state index in [1.165, 1.54) is 6.33 Å². The highest BCUT2D eigenvalue weighted by Gasteiger charge is 2.18. The van der Waals surface area contributed by atoms with Gasteiger partial charge in [0.25, 0.3) is 0 Å². The van der Waals surface area contributed by atoms with E-state index in [-0.39, 0.29) is 28.6 Å². The number of hydrogen-bond acceptors (Lipinski definition) is 6. The zero-order valence-corrected chi connectivity index (χ0v) is 14.6. The fourth-order valence-electron chi connectivity index (χ4n) is 2.45. The van der Waals surface area contributed by atoms with E-state index in [4.69, 9.17) is 22.7 Å². The molecule has 2 aromatic carbocycles. The molecule has 0 saturated heterocycles. The summed E-state index contributed by atoms with van der Waals surface area (Å²) in [5.74, 6) is -0.103. The van der Waals surface area contributed by atoms with Crippen LogP contribution in [0.2, 0.25) is 5.02 Å². The lowest BCUT2D eigenvalue weighted by atomic mass is 10.0. The van der Waals surface area contributed by atoms with Crippen molar-refractivity contribution in [3.8, 4) is 0 Å². The molecule has 0 amide bonds. The molecule has 3 aromatic rings. The van der Waals surface area contributed by atoms with Crippen molar-refractivity contribution in [2.75, 3.05) is 23.4 Å². The van der Waals surface area contributed by atoms with E-state index in [0.29, 0.717) is 16.3 Å². The van der Waals surface area contributed by atoms with Gasteiger partial charge >= 0.3 is 0 Å². The maximum absolute atomic E-state index is 14.5.